The molecular formula is C15H18N2OS. The lowest BCUT2D eigenvalue weighted by atomic mass is 9.81. The molecule has 2 heterocycles. The molecule has 0 saturated heterocycles. The lowest BCUT2D eigenvalue weighted by Crippen LogP contribution is -2.24. The van der Waals surface area contributed by atoms with Crippen LogP contribution in [0.15, 0.2) is 29.8 Å². The molecule has 0 spiro atoms. The fraction of sp³-hybridized carbons (Fsp3) is 0.400. The second kappa shape index (κ2) is 5.31. The van der Waals surface area contributed by atoms with Crippen molar-refractivity contribution in [2.45, 2.75) is 31.2 Å². The van der Waals surface area contributed by atoms with Gasteiger partial charge >= 0.3 is 0 Å². The summed E-state index contributed by atoms with van der Waals surface area (Å²) < 4.78 is 5.39. The van der Waals surface area contributed by atoms with Crippen molar-refractivity contribution in [3.05, 3.63) is 45.9 Å². The predicted molar refractivity (Wildman–Crippen MR) is 77.7 cm³/mol. The standard InChI is InChI=1S/C15H18N2OS/c1-18-12-5-3-8-17-15(12)14(16)11-4-2-6-13-10(11)7-9-19-13/h3,5,7-9,11,14H,2,4,6,16H2,1H3. The molecule has 2 aromatic rings. The average molecular weight is 274 g/mol. The maximum Gasteiger partial charge on any atom is 0.141 e. The van der Waals surface area contributed by atoms with Gasteiger partial charge in [0.15, 0.2) is 0 Å². The molecule has 0 aliphatic heterocycles. The van der Waals surface area contributed by atoms with Gasteiger partial charge < -0.3 is 10.5 Å². The Morgan fingerprint density at radius 1 is 1.47 bits per heavy atom. The van der Waals surface area contributed by atoms with Crippen molar-refractivity contribution in [1.82, 2.24) is 4.98 Å². The van der Waals surface area contributed by atoms with Crippen molar-refractivity contribution in [3.8, 4) is 5.75 Å². The maximum atomic E-state index is 6.48. The van der Waals surface area contributed by atoms with Crippen LogP contribution in [0, 0.1) is 0 Å². The fourth-order valence-electron chi connectivity index (χ4n) is 2.91. The largest absolute Gasteiger partial charge is 0.495 e. The van der Waals surface area contributed by atoms with Gasteiger partial charge in [0.25, 0.3) is 0 Å². The van der Waals surface area contributed by atoms with E-state index in [0.717, 1.165) is 17.9 Å². The molecule has 2 unspecified atom stereocenters. The summed E-state index contributed by atoms with van der Waals surface area (Å²) in [7, 11) is 1.67. The van der Waals surface area contributed by atoms with Crippen LogP contribution in [-0.2, 0) is 6.42 Å². The molecule has 3 rings (SSSR count). The first kappa shape index (κ1) is 12.6. The quantitative estimate of drug-likeness (QED) is 0.934. The summed E-state index contributed by atoms with van der Waals surface area (Å²) in [5, 5.41) is 2.17. The molecule has 1 aliphatic carbocycles. The summed E-state index contributed by atoms with van der Waals surface area (Å²) in [5.41, 5.74) is 8.77. The summed E-state index contributed by atoms with van der Waals surface area (Å²) in [6.45, 7) is 0. The van der Waals surface area contributed by atoms with Crippen molar-refractivity contribution in [3.63, 3.8) is 0 Å². The van der Waals surface area contributed by atoms with Crippen LogP contribution in [0.25, 0.3) is 0 Å². The number of methoxy groups -OCH3 is 1. The van der Waals surface area contributed by atoms with Crippen LogP contribution in [0.2, 0.25) is 0 Å². The number of hydrogen-bond acceptors (Lipinski definition) is 4. The van der Waals surface area contributed by atoms with Crippen molar-refractivity contribution in [2.75, 3.05) is 7.11 Å². The zero-order valence-corrected chi connectivity index (χ0v) is 11.8. The number of rotatable bonds is 3. The van der Waals surface area contributed by atoms with Crippen molar-refractivity contribution in [1.29, 1.82) is 0 Å². The summed E-state index contributed by atoms with van der Waals surface area (Å²) in [4.78, 5) is 5.92. The van der Waals surface area contributed by atoms with Gasteiger partial charge in [-0.25, -0.2) is 0 Å². The highest BCUT2D eigenvalue weighted by atomic mass is 32.1. The number of nitrogens with zero attached hydrogens (tertiary/aromatic N) is 1. The van der Waals surface area contributed by atoms with E-state index in [2.05, 4.69) is 16.4 Å². The van der Waals surface area contributed by atoms with Gasteiger partial charge in [-0.05, 0) is 48.4 Å². The minimum atomic E-state index is -0.0928. The first-order valence-electron chi connectivity index (χ1n) is 6.62. The molecule has 19 heavy (non-hydrogen) atoms. The first-order valence-corrected chi connectivity index (χ1v) is 7.50. The molecule has 0 amide bonds. The predicted octanol–water partition coefficient (Wildman–Crippen LogP) is 3.27. The molecule has 3 nitrogen and oxygen atoms in total. The number of fused-ring (bicyclic) bond motifs is 1. The molecule has 100 valence electrons. The third kappa shape index (κ3) is 2.26. The number of hydrogen-bond donors (Lipinski definition) is 1. The molecule has 2 atom stereocenters. The minimum absolute atomic E-state index is 0.0928. The monoisotopic (exact) mass is 274 g/mol. The van der Waals surface area contributed by atoms with Gasteiger partial charge in [-0.15, -0.1) is 11.3 Å². The Hall–Kier alpha value is -1.39. The van der Waals surface area contributed by atoms with E-state index in [1.54, 1.807) is 13.3 Å². The lowest BCUT2D eigenvalue weighted by Gasteiger charge is -2.28. The van der Waals surface area contributed by atoms with Gasteiger partial charge in [-0.1, -0.05) is 0 Å². The molecule has 0 saturated carbocycles. The molecule has 0 radical (unpaired) electrons. The number of aryl methyl sites for hydroxylation is 1. The summed E-state index contributed by atoms with van der Waals surface area (Å²) >= 11 is 1.84. The molecule has 2 N–H and O–H groups in total. The van der Waals surface area contributed by atoms with Crippen LogP contribution in [0.3, 0.4) is 0 Å². The van der Waals surface area contributed by atoms with E-state index in [-0.39, 0.29) is 6.04 Å². The van der Waals surface area contributed by atoms with Gasteiger partial charge in [-0.3, -0.25) is 4.98 Å². The molecule has 0 fully saturated rings. The Bertz CT molecular complexity index is 567. The Labute approximate surface area is 117 Å². The van der Waals surface area contributed by atoms with Crippen molar-refractivity contribution < 1.29 is 4.74 Å². The van der Waals surface area contributed by atoms with E-state index in [1.807, 2.05) is 23.5 Å². The fourth-order valence-corrected chi connectivity index (χ4v) is 3.91. The average Bonchev–Trinajstić information content (AvgIpc) is 2.94. The Balaban J connectivity index is 1.95. The minimum Gasteiger partial charge on any atom is -0.495 e. The second-order valence-electron chi connectivity index (χ2n) is 4.91. The van der Waals surface area contributed by atoms with Crippen LogP contribution >= 0.6 is 11.3 Å². The van der Waals surface area contributed by atoms with Gasteiger partial charge in [0.2, 0.25) is 0 Å². The normalized spacial score (nSPS) is 19.8. The van der Waals surface area contributed by atoms with Crippen LogP contribution in [0.4, 0.5) is 0 Å². The second-order valence-corrected chi connectivity index (χ2v) is 5.92. The zero-order chi connectivity index (χ0) is 13.2. The summed E-state index contributed by atoms with van der Waals surface area (Å²) in [5.74, 6) is 1.15. The third-order valence-corrected chi connectivity index (χ3v) is 4.86. The number of ether oxygens (including phenoxy) is 1. The lowest BCUT2D eigenvalue weighted by molar-refractivity contribution is 0.389. The third-order valence-electron chi connectivity index (χ3n) is 3.87. The molecule has 0 bridgehead atoms. The smallest absolute Gasteiger partial charge is 0.141 e. The Morgan fingerprint density at radius 3 is 3.21 bits per heavy atom. The molecule has 0 aromatic carbocycles. The van der Waals surface area contributed by atoms with Crippen LogP contribution < -0.4 is 10.5 Å². The highest BCUT2D eigenvalue weighted by Gasteiger charge is 2.29. The number of nitrogens with two attached hydrogens (primary N) is 1. The summed E-state index contributed by atoms with van der Waals surface area (Å²) in [6, 6.07) is 5.94. The van der Waals surface area contributed by atoms with E-state index in [1.165, 1.54) is 23.3 Å². The van der Waals surface area contributed by atoms with Gasteiger partial charge in [0.05, 0.1) is 18.8 Å². The maximum absolute atomic E-state index is 6.48. The van der Waals surface area contributed by atoms with E-state index >= 15 is 0 Å². The first-order chi connectivity index (χ1) is 9.31. The number of pyridine rings is 1. The Morgan fingerprint density at radius 2 is 2.37 bits per heavy atom. The van der Waals surface area contributed by atoms with Crippen LogP contribution in [0.1, 0.15) is 40.9 Å². The highest BCUT2D eigenvalue weighted by Crippen LogP contribution is 2.42. The van der Waals surface area contributed by atoms with Crippen LogP contribution in [0.5, 0.6) is 5.75 Å². The zero-order valence-electron chi connectivity index (χ0n) is 11.0. The topological polar surface area (TPSA) is 48.1 Å². The van der Waals surface area contributed by atoms with Gasteiger partial charge in [0.1, 0.15) is 5.75 Å². The molecule has 4 heteroatoms. The van der Waals surface area contributed by atoms with Crippen LogP contribution in [-0.4, -0.2) is 12.1 Å². The molecule has 2 aromatic heterocycles. The Kier molecular flexibility index (Phi) is 3.53. The summed E-state index contributed by atoms with van der Waals surface area (Å²) in [6.07, 6.45) is 5.32. The number of thiophene rings is 1. The molecular weight excluding hydrogens is 256 g/mol. The number of aromatic nitrogens is 1. The SMILES string of the molecule is COc1cccnc1C(N)C1CCCc2sccc21. The molecule has 1 aliphatic rings. The highest BCUT2D eigenvalue weighted by molar-refractivity contribution is 7.10. The van der Waals surface area contributed by atoms with Crippen molar-refractivity contribution >= 4 is 11.3 Å². The van der Waals surface area contributed by atoms with E-state index in [0.29, 0.717) is 5.92 Å². The van der Waals surface area contributed by atoms with Gasteiger partial charge in [-0.2, -0.15) is 0 Å². The van der Waals surface area contributed by atoms with E-state index < -0.39 is 0 Å². The van der Waals surface area contributed by atoms with E-state index in [4.69, 9.17) is 10.5 Å². The van der Waals surface area contributed by atoms with Crippen molar-refractivity contribution in [2.24, 2.45) is 5.73 Å². The van der Waals surface area contributed by atoms with Gasteiger partial charge in [0, 0.05) is 17.0 Å². The van der Waals surface area contributed by atoms with E-state index in [9.17, 15) is 0 Å².